The molecule has 1 N–H and O–H groups in total. The summed E-state index contributed by atoms with van der Waals surface area (Å²) in [5.74, 6) is 0. The van der Waals surface area contributed by atoms with Gasteiger partial charge in [-0.15, -0.1) is 10.2 Å². The van der Waals surface area contributed by atoms with Crippen LogP contribution < -0.4 is 5.32 Å². The molecular formula is C12H19N5. The number of hydrogen-bond donors (Lipinski definition) is 1. The summed E-state index contributed by atoms with van der Waals surface area (Å²) in [4.78, 5) is 4.42. The van der Waals surface area contributed by atoms with Gasteiger partial charge in [0.05, 0.1) is 5.69 Å². The molecule has 0 radical (unpaired) electrons. The molecule has 1 unspecified atom stereocenters. The molecular weight excluding hydrogens is 214 g/mol. The molecule has 1 atom stereocenters. The molecule has 2 aromatic heterocycles. The number of fused-ring (bicyclic) bond motifs is 1. The average molecular weight is 233 g/mol. The summed E-state index contributed by atoms with van der Waals surface area (Å²) in [6, 6.07) is 0.473. The van der Waals surface area contributed by atoms with Crippen molar-refractivity contribution in [1.29, 1.82) is 0 Å². The zero-order valence-electron chi connectivity index (χ0n) is 10.4. The highest BCUT2D eigenvalue weighted by molar-refractivity contribution is 5.42. The van der Waals surface area contributed by atoms with Crippen molar-refractivity contribution in [3.05, 3.63) is 24.4 Å². The SMILES string of the molecule is CCCC(Cc1nccn2cnnc12)NCC. The highest BCUT2D eigenvalue weighted by Gasteiger charge is 2.12. The molecule has 0 amide bonds. The van der Waals surface area contributed by atoms with Crippen LogP contribution in [0.2, 0.25) is 0 Å². The minimum absolute atomic E-state index is 0.473. The number of likely N-dealkylation sites (N-methyl/N-ethyl adjacent to an activating group) is 1. The van der Waals surface area contributed by atoms with E-state index < -0.39 is 0 Å². The van der Waals surface area contributed by atoms with Crippen LogP contribution in [0.4, 0.5) is 0 Å². The molecule has 92 valence electrons. The molecule has 2 rings (SSSR count). The van der Waals surface area contributed by atoms with Crippen LogP contribution in [0, 0.1) is 0 Å². The molecule has 17 heavy (non-hydrogen) atoms. The Bertz CT molecular complexity index is 459. The molecule has 0 aliphatic carbocycles. The Balaban J connectivity index is 2.18. The van der Waals surface area contributed by atoms with Gasteiger partial charge in [-0.1, -0.05) is 20.3 Å². The molecule has 5 nitrogen and oxygen atoms in total. The van der Waals surface area contributed by atoms with Gasteiger partial charge < -0.3 is 5.32 Å². The number of nitrogens with zero attached hydrogens (tertiary/aromatic N) is 4. The first-order chi connectivity index (χ1) is 8.35. The maximum Gasteiger partial charge on any atom is 0.182 e. The molecule has 0 spiro atoms. The molecule has 0 saturated heterocycles. The van der Waals surface area contributed by atoms with Gasteiger partial charge in [0.25, 0.3) is 0 Å². The number of rotatable bonds is 6. The van der Waals surface area contributed by atoms with Crippen LogP contribution >= 0.6 is 0 Å². The van der Waals surface area contributed by atoms with E-state index in [2.05, 4.69) is 34.3 Å². The number of aromatic nitrogens is 4. The van der Waals surface area contributed by atoms with E-state index in [-0.39, 0.29) is 0 Å². The third-order valence-corrected chi connectivity index (χ3v) is 2.86. The average Bonchev–Trinajstić information content (AvgIpc) is 2.79. The van der Waals surface area contributed by atoms with Crippen molar-refractivity contribution in [1.82, 2.24) is 24.9 Å². The van der Waals surface area contributed by atoms with Gasteiger partial charge in [-0.3, -0.25) is 9.38 Å². The Labute approximate surface area is 101 Å². The van der Waals surface area contributed by atoms with Gasteiger partial charge in [-0.2, -0.15) is 0 Å². The van der Waals surface area contributed by atoms with Gasteiger partial charge in [0.1, 0.15) is 6.33 Å². The molecule has 2 aromatic rings. The van der Waals surface area contributed by atoms with E-state index in [1.54, 1.807) is 12.5 Å². The first kappa shape index (κ1) is 12.0. The van der Waals surface area contributed by atoms with E-state index in [0.29, 0.717) is 6.04 Å². The quantitative estimate of drug-likeness (QED) is 0.820. The van der Waals surface area contributed by atoms with Crippen molar-refractivity contribution in [2.24, 2.45) is 0 Å². The highest BCUT2D eigenvalue weighted by atomic mass is 15.2. The predicted octanol–water partition coefficient (Wildman–Crippen LogP) is 1.44. The second kappa shape index (κ2) is 5.72. The van der Waals surface area contributed by atoms with Gasteiger partial charge >= 0.3 is 0 Å². The van der Waals surface area contributed by atoms with Crippen LogP contribution in [-0.2, 0) is 6.42 Å². The van der Waals surface area contributed by atoms with Crippen molar-refractivity contribution in [3.8, 4) is 0 Å². The second-order valence-corrected chi connectivity index (χ2v) is 4.18. The third kappa shape index (κ3) is 2.79. The van der Waals surface area contributed by atoms with E-state index in [4.69, 9.17) is 0 Å². The molecule has 5 heteroatoms. The van der Waals surface area contributed by atoms with Gasteiger partial charge in [0, 0.05) is 24.9 Å². The number of nitrogens with one attached hydrogen (secondary N) is 1. The van der Waals surface area contributed by atoms with E-state index in [1.807, 2.05) is 10.6 Å². The summed E-state index contributed by atoms with van der Waals surface area (Å²) in [5, 5.41) is 11.5. The molecule has 0 aromatic carbocycles. The minimum atomic E-state index is 0.473. The lowest BCUT2D eigenvalue weighted by molar-refractivity contribution is 0.482. The summed E-state index contributed by atoms with van der Waals surface area (Å²) < 4.78 is 1.91. The lowest BCUT2D eigenvalue weighted by Gasteiger charge is -2.16. The fourth-order valence-corrected chi connectivity index (χ4v) is 2.10. The lowest BCUT2D eigenvalue weighted by Crippen LogP contribution is -2.31. The Hall–Kier alpha value is -1.49. The monoisotopic (exact) mass is 233 g/mol. The fraction of sp³-hybridized carbons (Fsp3) is 0.583. The Morgan fingerprint density at radius 1 is 1.41 bits per heavy atom. The van der Waals surface area contributed by atoms with Crippen molar-refractivity contribution < 1.29 is 0 Å². The first-order valence-corrected chi connectivity index (χ1v) is 6.21. The van der Waals surface area contributed by atoms with Crippen LogP contribution in [0.15, 0.2) is 18.7 Å². The summed E-state index contributed by atoms with van der Waals surface area (Å²) in [6.07, 6.45) is 8.63. The Kier molecular flexibility index (Phi) is 4.03. The summed E-state index contributed by atoms with van der Waals surface area (Å²) in [7, 11) is 0. The van der Waals surface area contributed by atoms with Crippen LogP contribution in [0.3, 0.4) is 0 Å². The molecule has 0 bridgehead atoms. The summed E-state index contributed by atoms with van der Waals surface area (Å²) in [5.41, 5.74) is 1.89. The van der Waals surface area contributed by atoms with Crippen LogP contribution in [-0.4, -0.2) is 32.2 Å². The first-order valence-electron chi connectivity index (χ1n) is 6.21. The zero-order chi connectivity index (χ0) is 12.1. The molecule has 0 aliphatic heterocycles. The largest absolute Gasteiger partial charge is 0.314 e. The fourth-order valence-electron chi connectivity index (χ4n) is 2.10. The maximum absolute atomic E-state index is 4.42. The zero-order valence-corrected chi connectivity index (χ0v) is 10.4. The van der Waals surface area contributed by atoms with E-state index in [0.717, 1.165) is 30.7 Å². The van der Waals surface area contributed by atoms with Gasteiger partial charge in [-0.05, 0) is 13.0 Å². The second-order valence-electron chi connectivity index (χ2n) is 4.18. The van der Waals surface area contributed by atoms with Gasteiger partial charge in [-0.25, -0.2) is 0 Å². The summed E-state index contributed by atoms with van der Waals surface area (Å²) >= 11 is 0. The minimum Gasteiger partial charge on any atom is -0.314 e. The van der Waals surface area contributed by atoms with E-state index in [9.17, 15) is 0 Å². The van der Waals surface area contributed by atoms with Crippen LogP contribution in [0.5, 0.6) is 0 Å². The highest BCUT2D eigenvalue weighted by Crippen LogP contribution is 2.09. The lowest BCUT2D eigenvalue weighted by atomic mass is 10.1. The summed E-state index contributed by atoms with van der Waals surface area (Å²) in [6.45, 7) is 5.32. The van der Waals surface area contributed by atoms with Crippen LogP contribution in [0.1, 0.15) is 32.4 Å². The van der Waals surface area contributed by atoms with Gasteiger partial charge in [0.15, 0.2) is 5.65 Å². The predicted molar refractivity (Wildman–Crippen MR) is 66.9 cm³/mol. The number of hydrogen-bond acceptors (Lipinski definition) is 4. The van der Waals surface area contributed by atoms with Crippen LogP contribution in [0.25, 0.3) is 5.65 Å². The molecule has 2 heterocycles. The van der Waals surface area contributed by atoms with E-state index in [1.165, 1.54) is 6.42 Å². The van der Waals surface area contributed by atoms with Gasteiger partial charge in [0.2, 0.25) is 0 Å². The smallest absolute Gasteiger partial charge is 0.182 e. The topological polar surface area (TPSA) is 55.1 Å². The third-order valence-electron chi connectivity index (χ3n) is 2.86. The normalized spacial score (nSPS) is 13.1. The molecule has 0 aliphatic rings. The van der Waals surface area contributed by atoms with E-state index >= 15 is 0 Å². The van der Waals surface area contributed by atoms with Crippen molar-refractivity contribution in [3.63, 3.8) is 0 Å². The maximum atomic E-state index is 4.42. The Morgan fingerprint density at radius 3 is 3.06 bits per heavy atom. The standard InChI is InChI=1S/C12H19N5/c1-3-5-10(13-4-2)8-11-12-16-15-9-17(12)7-6-14-11/h6-7,9-10,13H,3-5,8H2,1-2H3. The van der Waals surface area contributed by atoms with Crippen molar-refractivity contribution in [2.75, 3.05) is 6.54 Å². The Morgan fingerprint density at radius 2 is 2.29 bits per heavy atom. The van der Waals surface area contributed by atoms with Crippen molar-refractivity contribution in [2.45, 2.75) is 39.2 Å². The molecule has 0 fully saturated rings. The van der Waals surface area contributed by atoms with Crippen molar-refractivity contribution >= 4 is 5.65 Å². The molecule has 0 saturated carbocycles.